The molecule has 3 N–H and O–H groups in total. The van der Waals surface area contributed by atoms with Gasteiger partial charge in [0.1, 0.15) is 0 Å². The Morgan fingerprint density at radius 1 is 1.47 bits per heavy atom. The number of aromatic amines is 1. The van der Waals surface area contributed by atoms with Crippen molar-refractivity contribution in [3.05, 3.63) is 39.8 Å². The summed E-state index contributed by atoms with van der Waals surface area (Å²) in [6.45, 7) is 4.73. The van der Waals surface area contributed by atoms with Crippen LogP contribution in [0.25, 0.3) is 0 Å². The van der Waals surface area contributed by atoms with E-state index in [-0.39, 0.29) is 5.69 Å². The van der Waals surface area contributed by atoms with Gasteiger partial charge in [0.2, 0.25) is 0 Å². The zero-order chi connectivity index (χ0) is 13.8. The van der Waals surface area contributed by atoms with Crippen LogP contribution >= 0.6 is 11.8 Å². The van der Waals surface area contributed by atoms with E-state index in [0.717, 1.165) is 28.6 Å². The molecule has 0 spiro atoms. The highest BCUT2D eigenvalue weighted by molar-refractivity contribution is 7.98. The number of rotatable bonds is 5. The fourth-order valence-electron chi connectivity index (χ4n) is 1.84. The number of H-pyrrole nitrogens is 1. The normalized spacial score (nSPS) is 10.8. The lowest BCUT2D eigenvalue weighted by molar-refractivity contribution is 0.604. The van der Waals surface area contributed by atoms with E-state index in [1.165, 1.54) is 5.56 Å². The monoisotopic (exact) mass is 278 g/mol. The molecule has 0 unspecified atom stereocenters. The van der Waals surface area contributed by atoms with Crippen molar-refractivity contribution in [1.82, 2.24) is 14.8 Å². The number of nitrogens with zero attached hydrogens (tertiary/aromatic N) is 2. The maximum atomic E-state index is 11.6. The summed E-state index contributed by atoms with van der Waals surface area (Å²) in [6.07, 6.45) is 0.907. The van der Waals surface area contributed by atoms with E-state index in [2.05, 4.69) is 10.2 Å². The molecule has 0 fully saturated rings. The third-order valence-electron chi connectivity index (χ3n) is 3.02. The summed E-state index contributed by atoms with van der Waals surface area (Å²) in [5.74, 6) is 0.755. The molecular formula is C13H18N4OS. The molecule has 102 valence electrons. The molecule has 19 heavy (non-hydrogen) atoms. The lowest BCUT2D eigenvalue weighted by atomic mass is 10.1. The molecular weight excluding hydrogens is 260 g/mol. The smallest absolute Gasteiger partial charge is 0.343 e. The molecule has 2 aromatic rings. The van der Waals surface area contributed by atoms with E-state index < -0.39 is 0 Å². The number of hydrogen-bond donors (Lipinski definition) is 2. The first-order chi connectivity index (χ1) is 9.13. The molecule has 0 atom stereocenters. The van der Waals surface area contributed by atoms with Gasteiger partial charge in [0.15, 0.2) is 5.16 Å². The molecule has 0 amide bonds. The number of aromatic nitrogens is 3. The topological polar surface area (TPSA) is 76.7 Å². The fraction of sp³-hybridized carbons (Fsp3) is 0.385. The molecule has 0 bridgehead atoms. The highest BCUT2D eigenvalue weighted by Gasteiger charge is 2.09. The Morgan fingerprint density at radius 2 is 2.26 bits per heavy atom. The van der Waals surface area contributed by atoms with E-state index >= 15 is 0 Å². The van der Waals surface area contributed by atoms with Crippen LogP contribution in [0.2, 0.25) is 0 Å². The highest BCUT2D eigenvalue weighted by Crippen LogP contribution is 2.24. The minimum Gasteiger partial charge on any atom is -0.399 e. The minimum absolute atomic E-state index is 0.145. The molecule has 1 aromatic carbocycles. The van der Waals surface area contributed by atoms with Crippen molar-refractivity contribution in [3.63, 3.8) is 0 Å². The standard InChI is InChI=1S/C13H18N4OS/c1-3-7-17-12(18)15-16-13(17)19-8-10-5-4-6-11(14)9(10)2/h4-6H,3,7-8,14H2,1-2H3,(H,15,18). The fourth-order valence-corrected chi connectivity index (χ4v) is 2.87. The second kappa shape index (κ2) is 5.97. The molecule has 0 aliphatic heterocycles. The van der Waals surface area contributed by atoms with Gasteiger partial charge in [-0.15, -0.1) is 5.10 Å². The third kappa shape index (κ3) is 3.01. The van der Waals surface area contributed by atoms with Crippen LogP contribution in [0, 0.1) is 6.92 Å². The molecule has 1 heterocycles. The Balaban J connectivity index is 2.15. The summed E-state index contributed by atoms with van der Waals surface area (Å²) in [5.41, 5.74) is 8.80. The molecule has 6 heteroatoms. The number of anilines is 1. The first-order valence-electron chi connectivity index (χ1n) is 6.25. The quantitative estimate of drug-likeness (QED) is 0.649. The van der Waals surface area contributed by atoms with E-state index in [1.807, 2.05) is 32.0 Å². The Morgan fingerprint density at radius 3 is 3.00 bits per heavy atom. The van der Waals surface area contributed by atoms with Crippen molar-refractivity contribution in [2.45, 2.75) is 37.7 Å². The third-order valence-corrected chi connectivity index (χ3v) is 4.04. The van der Waals surface area contributed by atoms with Gasteiger partial charge in [0, 0.05) is 18.0 Å². The number of thioether (sulfide) groups is 1. The predicted octanol–water partition coefficient (Wildman–Crippen LogP) is 2.16. The molecule has 0 radical (unpaired) electrons. The van der Waals surface area contributed by atoms with Gasteiger partial charge < -0.3 is 5.73 Å². The van der Waals surface area contributed by atoms with Gasteiger partial charge in [-0.25, -0.2) is 9.89 Å². The van der Waals surface area contributed by atoms with Gasteiger partial charge in [-0.2, -0.15) is 0 Å². The lowest BCUT2D eigenvalue weighted by Gasteiger charge is -2.08. The summed E-state index contributed by atoms with van der Waals surface area (Å²) in [4.78, 5) is 11.6. The van der Waals surface area contributed by atoms with Crippen LogP contribution in [-0.4, -0.2) is 14.8 Å². The second-order valence-electron chi connectivity index (χ2n) is 4.38. The van der Waals surface area contributed by atoms with Crippen molar-refractivity contribution in [2.75, 3.05) is 5.73 Å². The second-order valence-corrected chi connectivity index (χ2v) is 5.33. The first kappa shape index (κ1) is 13.7. The number of nitrogens with two attached hydrogens (primary N) is 1. The van der Waals surface area contributed by atoms with E-state index in [1.54, 1.807) is 16.3 Å². The Labute approximate surface area is 116 Å². The predicted molar refractivity (Wildman–Crippen MR) is 78.3 cm³/mol. The van der Waals surface area contributed by atoms with E-state index in [4.69, 9.17) is 5.73 Å². The maximum absolute atomic E-state index is 11.6. The van der Waals surface area contributed by atoms with Crippen molar-refractivity contribution in [3.8, 4) is 0 Å². The van der Waals surface area contributed by atoms with Gasteiger partial charge in [-0.3, -0.25) is 4.57 Å². The van der Waals surface area contributed by atoms with Crippen LogP contribution in [0.5, 0.6) is 0 Å². The molecule has 5 nitrogen and oxygen atoms in total. The number of hydrogen-bond acceptors (Lipinski definition) is 4. The number of nitrogen functional groups attached to an aromatic ring is 1. The summed E-state index contributed by atoms with van der Waals surface area (Å²) in [6, 6.07) is 5.89. The summed E-state index contributed by atoms with van der Waals surface area (Å²) >= 11 is 1.55. The van der Waals surface area contributed by atoms with E-state index in [0.29, 0.717) is 6.54 Å². The number of nitrogens with one attached hydrogen (secondary N) is 1. The minimum atomic E-state index is -0.145. The largest absolute Gasteiger partial charge is 0.399 e. The molecule has 0 saturated heterocycles. The summed E-state index contributed by atoms with van der Waals surface area (Å²) in [7, 11) is 0. The maximum Gasteiger partial charge on any atom is 0.343 e. The highest BCUT2D eigenvalue weighted by atomic mass is 32.2. The zero-order valence-electron chi connectivity index (χ0n) is 11.1. The lowest BCUT2D eigenvalue weighted by Crippen LogP contribution is -2.17. The first-order valence-corrected chi connectivity index (χ1v) is 7.24. The van der Waals surface area contributed by atoms with Crippen LogP contribution in [0.15, 0.2) is 28.2 Å². The zero-order valence-corrected chi connectivity index (χ0v) is 12.0. The van der Waals surface area contributed by atoms with Crippen LogP contribution < -0.4 is 11.4 Å². The average Bonchev–Trinajstić information content (AvgIpc) is 2.74. The van der Waals surface area contributed by atoms with Gasteiger partial charge >= 0.3 is 5.69 Å². The van der Waals surface area contributed by atoms with Gasteiger partial charge in [0.25, 0.3) is 0 Å². The molecule has 2 rings (SSSR count). The number of benzene rings is 1. The van der Waals surface area contributed by atoms with Crippen molar-refractivity contribution in [1.29, 1.82) is 0 Å². The van der Waals surface area contributed by atoms with Crippen molar-refractivity contribution < 1.29 is 0 Å². The summed E-state index contributed by atoms with van der Waals surface area (Å²) < 4.78 is 1.67. The van der Waals surface area contributed by atoms with Crippen LogP contribution in [0.3, 0.4) is 0 Å². The Bertz CT molecular complexity index is 617. The molecule has 0 saturated carbocycles. The van der Waals surface area contributed by atoms with Gasteiger partial charge in [-0.05, 0) is 30.5 Å². The van der Waals surface area contributed by atoms with Gasteiger partial charge in [-0.1, -0.05) is 30.8 Å². The van der Waals surface area contributed by atoms with Gasteiger partial charge in [0.05, 0.1) is 0 Å². The van der Waals surface area contributed by atoms with Crippen molar-refractivity contribution >= 4 is 17.4 Å². The molecule has 1 aromatic heterocycles. The van der Waals surface area contributed by atoms with Crippen LogP contribution in [0.4, 0.5) is 5.69 Å². The van der Waals surface area contributed by atoms with E-state index in [9.17, 15) is 4.79 Å². The molecule has 0 aliphatic carbocycles. The average molecular weight is 278 g/mol. The SMILES string of the molecule is CCCn1c(SCc2cccc(N)c2C)n[nH]c1=O. The van der Waals surface area contributed by atoms with Crippen LogP contribution in [0.1, 0.15) is 24.5 Å². The molecule has 0 aliphatic rings. The Kier molecular flexibility index (Phi) is 4.31. The Hall–Kier alpha value is -1.69. The van der Waals surface area contributed by atoms with Crippen LogP contribution in [-0.2, 0) is 12.3 Å². The van der Waals surface area contributed by atoms with Crippen molar-refractivity contribution in [2.24, 2.45) is 0 Å². The summed E-state index contributed by atoms with van der Waals surface area (Å²) in [5, 5.41) is 7.29.